The van der Waals surface area contributed by atoms with Crippen molar-refractivity contribution in [3.05, 3.63) is 17.8 Å². The number of aliphatic hydroxyl groups is 1. The number of methoxy groups -OCH3 is 1. The van der Waals surface area contributed by atoms with E-state index in [4.69, 9.17) is 15.2 Å². The first-order chi connectivity index (χ1) is 9.56. The number of nitrogens with two attached hydrogens (primary N) is 1. The summed E-state index contributed by atoms with van der Waals surface area (Å²) in [5, 5.41) is 9.23. The number of hydrogen-bond acceptors (Lipinski definition) is 7. The molecule has 2 unspecified atom stereocenters. The molecule has 1 aromatic rings. The van der Waals surface area contributed by atoms with Gasteiger partial charge < -0.3 is 25.2 Å². The Kier molecular flexibility index (Phi) is 4.41. The Morgan fingerprint density at radius 3 is 3.10 bits per heavy atom. The Morgan fingerprint density at radius 2 is 2.45 bits per heavy atom. The number of pyridine rings is 1. The second-order valence-electron chi connectivity index (χ2n) is 4.77. The van der Waals surface area contributed by atoms with Crippen LogP contribution in [0.3, 0.4) is 0 Å². The molecule has 0 aliphatic carbocycles. The van der Waals surface area contributed by atoms with Gasteiger partial charge in [0, 0.05) is 6.54 Å². The zero-order valence-electron chi connectivity index (χ0n) is 11.6. The zero-order chi connectivity index (χ0) is 14.7. The Balaban J connectivity index is 2.37. The minimum Gasteiger partial charge on any atom is -0.465 e. The number of nitrogens with zero attached hydrogens (tertiary/aromatic N) is 2. The fourth-order valence-electron chi connectivity index (χ4n) is 2.19. The summed E-state index contributed by atoms with van der Waals surface area (Å²) < 4.78 is 10.3. The monoisotopic (exact) mass is 281 g/mol. The van der Waals surface area contributed by atoms with Gasteiger partial charge in [0.2, 0.25) is 0 Å². The van der Waals surface area contributed by atoms with Crippen LogP contribution >= 0.6 is 0 Å². The third kappa shape index (κ3) is 2.83. The predicted octanol–water partition coefficient (Wildman–Crippen LogP) is 0.0364. The summed E-state index contributed by atoms with van der Waals surface area (Å²) in [6.07, 6.45) is 1.20. The number of esters is 1. The lowest BCUT2D eigenvalue weighted by atomic mass is 10.1. The van der Waals surface area contributed by atoms with Crippen molar-refractivity contribution in [1.82, 2.24) is 4.98 Å². The maximum Gasteiger partial charge on any atom is 0.341 e. The van der Waals surface area contributed by atoms with E-state index >= 15 is 0 Å². The molecule has 1 aliphatic heterocycles. The first-order valence-electron chi connectivity index (χ1n) is 6.39. The van der Waals surface area contributed by atoms with E-state index in [0.717, 1.165) is 0 Å². The molecule has 20 heavy (non-hydrogen) atoms. The van der Waals surface area contributed by atoms with E-state index < -0.39 is 5.97 Å². The van der Waals surface area contributed by atoms with Crippen LogP contribution in [0.4, 0.5) is 11.5 Å². The van der Waals surface area contributed by atoms with Gasteiger partial charge in [0.05, 0.1) is 44.4 Å². The quantitative estimate of drug-likeness (QED) is 0.755. The van der Waals surface area contributed by atoms with Crippen LogP contribution in [-0.4, -0.2) is 55.1 Å². The summed E-state index contributed by atoms with van der Waals surface area (Å²) in [5.74, 6) is 0.0133. The number of nitrogen functional groups attached to an aromatic ring is 1. The number of rotatable bonds is 3. The van der Waals surface area contributed by atoms with Crippen LogP contribution in [0.25, 0.3) is 0 Å². The number of ether oxygens (including phenoxy) is 2. The number of hydrogen-bond donors (Lipinski definition) is 2. The van der Waals surface area contributed by atoms with Crippen LogP contribution in [0.5, 0.6) is 0 Å². The van der Waals surface area contributed by atoms with Crippen LogP contribution < -0.4 is 10.6 Å². The van der Waals surface area contributed by atoms with Gasteiger partial charge in [-0.3, -0.25) is 0 Å². The molecular formula is C13H19N3O4. The highest BCUT2D eigenvalue weighted by molar-refractivity contribution is 5.95. The standard InChI is InChI=1S/C13H19N3O4/c1-8-7-20-10(6-17)5-16(8)12-11(13(18)19-2)3-9(14)4-15-12/h3-4,8,10,17H,5-7,14H2,1-2H3. The third-order valence-electron chi connectivity index (χ3n) is 3.27. The topological polar surface area (TPSA) is 97.9 Å². The van der Waals surface area contributed by atoms with E-state index in [9.17, 15) is 9.90 Å². The fourth-order valence-corrected chi connectivity index (χ4v) is 2.19. The van der Waals surface area contributed by atoms with Gasteiger partial charge >= 0.3 is 5.97 Å². The first-order valence-corrected chi connectivity index (χ1v) is 6.39. The van der Waals surface area contributed by atoms with E-state index in [1.807, 2.05) is 11.8 Å². The van der Waals surface area contributed by atoms with Crippen molar-refractivity contribution in [2.45, 2.75) is 19.1 Å². The Hall–Kier alpha value is -1.86. The van der Waals surface area contributed by atoms with E-state index in [1.54, 1.807) is 6.07 Å². The fraction of sp³-hybridized carbons (Fsp3) is 0.538. The van der Waals surface area contributed by atoms with Crippen LogP contribution in [0.1, 0.15) is 17.3 Å². The normalized spacial score (nSPS) is 22.6. The lowest BCUT2D eigenvalue weighted by Gasteiger charge is -2.38. The van der Waals surface area contributed by atoms with Crippen molar-refractivity contribution < 1.29 is 19.4 Å². The summed E-state index contributed by atoms with van der Waals surface area (Å²) in [6.45, 7) is 2.80. The smallest absolute Gasteiger partial charge is 0.341 e. The zero-order valence-corrected chi connectivity index (χ0v) is 11.6. The molecule has 2 heterocycles. The molecule has 7 nitrogen and oxygen atoms in total. The highest BCUT2D eigenvalue weighted by Crippen LogP contribution is 2.25. The van der Waals surface area contributed by atoms with Gasteiger partial charge in [-0.05, 0) is 13.0 Å². The number of carbonyl (C=O) groups excluding carboxylic acids is 1. The summed E-state index contributed by atoms with van der Waals surface area (Å²) >= 11 is 0. The molecule has 3 N–H and O–H groups in total. The van der Waals surface area contributed by atoms with Crippen LogP contribution in [-0.2, 0) is 9.47 Å². The Morgan fingerprint density at radius 1 is 1.70 bits per heavy atom. The summed E-state index contributed by atoms with van der Waals surface area (Å²) in [6, 6.07) is 1.59. The average molecular weight is 281 g/mol. The molecule has 0 bridgehead atoms. The molecule has 2 rings (SSSR count). The van der Waals surface area contributed by atoms with Crippen molar-refractivity contribution in [1.29, 1.82) is 0 Å². The molecule has 110 valence electrons. The molecule has 1 saturated heterocycles. The highest BCUT2D eigenvalue weighted by Gasteiger charge is 2.29. The summed E-state index contributed by atoms with van der Waals surface area (Å²) in [5.41, 5.74) is 6.40. The van der Waals surface area contributed by atoms with E-state index in [0.29, 0.717) is 30.2 Å². The molecule has 1 aromatic heterocycles. The number of aliphatic hydroxyl groups excluding tert-OH is 1. The van der Waals surface area contributed by atoms with Crippen LogP contribution in [0.2, 0.25) is 0 Å². The van der Waals surface area contributed by atoms with Crippen LogP contribution in [0.15, 0.2) is 12.3 Å². The lowest BCUT2D eigenvalue weighted by Crippen LogP contribution is -2.50. The van der Waals surface area contributed by atoms with Gasteiger partial charge in [-0.25, -0.2) is 9.78 Å². The van der Waals surface area contributed by atoms with Gasteiger partial charge in [-0.15, -0.1) is 0 Å². The number of carbonyl (C=O) groups is 1. The average Bonchev–Trinajstić information content (AvgIpc) is 2.47. The van der Waals surface area contributed by atoms with Crippen molar-refractivity contribution in [3.63, 3.8) is 0 Å². The van der Waals surface area contributed by atoms with Gasteiger partial charge in [-0.2, -0.15) is 0 Å². The number of aromatic nitrogens is 1. The molecule has 0 amide bonds. The molecule has 0 radical (unpaired) electrons. The molecule has 0 saturated carbocycles. The molecule has 1 aliphatic rings. The Bertz CT molecular complexity index is 495. The van der Waals surface area contributed by atoms with E-state index in [-0.39, 0.29) is 18.8 Å². The molecule has 0 spiro atoms. The molecular weight excluding hydrogens is 262 g/mol. The molecule has 2 atom stereocenters. The van der Waals surface area contributed by atoms with E-state index in [1.165, 1.54) is 13.3 Å². The SMILES string of the molecule is COC(=O)c1cc(N)cnc1N1CC(CO)OCC1C. The summed E-state index contributed by atoms with van der Waals surface area (Å²) in [7, 11) is 1.31. The number of morpholine rings is 1. The van der Waals surface area contributed by atoms with Gasteiger partial charge in [0.25, 0.3) is 0 Å². The van der Waals surface area contributed by atoms with Crippen LogP contribution in [0, 0.1) is 0 Å². The van der Waals surface area contributed by atoms with Gasteiger partial charge in [-0.1, -0.05) is 0 Å². The second kappa shape index (κ2) is 6.06. The minimum atomic E-state index is -0.487. The van der Waals surface area contributed by atoms with Crippen molar-refractivity contribution in [2.24, 2.45) is 0 Å². The summed E-state index contributed by atoms with van der Waals surface area (Å²) in [4.78, 5) is 18.0. The van der Waals surface area contributed by atoms with Crippen molar-refractivity contribution in [3.8, 4) is 0 Å². The largest absolute Gasteiger partial charge is 0.465 e. The highest BCUT2D eigenvalue weighted by atomic mass is 16.5. The molecule has 7 heteroatoms. The molecule has 1 fully saturated rings. The predicted molar refractivity (Wildman–Crippen MR) is 73.6 cm³/mol. The molecule has 0 aromatic carbocycles. The van der Waals surface area contributed by atoms with E-state index in [2.05, 4.69) is 4.98 Å². The minimum absolute atomic E-state index is 0.0392. The van der Waals surface area contributed by atoms with Crippen molar-refractivity contribution in [2.75, 3.05) is 37.5 Å². The van der Waals surface area contributed by atoms with Gasteiger partial charge in [0.1, 0.15) is 11.4 Å². The van der Waals surface area contributed by atoms with Crippen molar-refractivity contribution >= 4 is 17.5 Å². The maximum atomic E-state index is 11.9. The Labute approximate surface area is 117 Å². The van der Waals surface area contributed by atoms with Gasteiger partial charge in [0.15, 0.2) is 0 Å². The second-order valence-corrected chi connectivity index (χ2v) is 4.77. The third-order valence-corrected chi connectivity index (χ3v) is 3.27. The first kappa shape index (κ1) is 14.5. The lowest BCUT2D eigenvalue weighted by molar-refractivity contribution is -0.0106. The maximum absolute atomic E-state index is 11.9. The number of anilines is 2.